The van der Waals surface area contributed by atoms with Gasteiger partial charge in [-0.05, 0) is 51.1 Å². The van der Waals surface area contributed by atoms with Crippen LogP contribution in [0.25, 0.3) is 11.2 Å². The van der Waals surface area contributed by atoms with E-state index in [0.29, 0.717) is 28.6 Å². The van der Waals surface area contributed by atoms with E-state index in [-0.39, 0.29) is 6.61 Å². The lowest BCUT2D eigenvalue weighted by molar-refractivity contribution is 0.00819. The van der Waals surface area contributed by atoms with Crippen molar-refractivity contribution < 1.29 is 17.9 Å². The zero-order valence-electron chi connectivity index (χ0n) is 18.6. The minimum atomic E-state index is -3.67. The lowest BCUT2D eigenvalue weighted by Gasteiger charge is -2.25. The predicted molar refractivity (Wildman–Crippen MR) is 121 cm³/mol. The topological polar surface area (TPSA) is 113 Å². The van der Waals surface area contributed by atoms with Gasteiger partial charge in [-0.15, -0.1) is 0 Å². The molecule has 4 N–H and O–H groups in total. The SMILES string of the molecule is C/C(NC1CCNCC1)=C(/N)c1cc(OCc2ccccn2)c2c(C#N)cnn2c1.FC(F)F. The number of nitrogens with one attached hydrogen (secondary N) is 2. The largest absolute Gasteiger partial charge is 0.485 e. The highest BCUT2D eigenvalue weighted by Crippen LogP contribution is 2.28. The lowest BCUT2D eigenvalue weighted by Crippen LogP contribution is -2.39. The molecular formula is C23H26F3N7O. The smallest absolute Gasteiger partial charge is 0.379 e. The third-order valence-corrected chi connectivity index (χ3v) is 5.27. The standard InChI is InChI=1S/C22H25N7O.CHF3/c1-15(28-18-5-8-25-9-6-18)21(24)16-10-20(30-14-19-4-2-3-7-26-19)22-17(11-23)12-27-29(22)13-16;2-1(3)4/h2-4,7,10,12-13,18,25,28H,5-6,8-9,14,24H2,1H3;1H/b21-15-;. The lowest BCUT2D eigenvalue weighted by atomic mass is 10.1. The van der Waals surface area contributed by atoms with Crippen molar-refractivity contribution in [1.82, 2.24) is 25.2 Å². The van der Waals surface area contributed by atoms with Crippen molar-refractivity contribution in [2.75, 3.05) is 13.1 Å². The number of aromatic nitrogens is 3. The molecule has 0 amide bonds. The molecule has 180 valence electrons. The number of piperidine rings is 1. The summed E-state index contributed by atoms with van der Waals surface area (Å²) < 4.78 is 36.7. The maximum atomic E-state index is 9.67. The van der Waals surface area contributed by atoms with Crippen molar-refractivity contribution in [2.45, 2.75) is 39.1 Å². The molecule has 4 heterocycles. The number of fused-ring (bicyclic) bond motifs is 1. The summed E-state index contributed by atoms with van der Waals surface area (Å²) in [5.74, 6) is 0.546. The first-order valence-corrected chi connectivity index (χ1v) is 10.7. The Kier molecular flexibility index (Phi) is 8.70. The Hall–Kier alpha value is -3.78. The number of pyridine rings is 2. The Morgan fingerprint density at radius 1 is 1.35 bits per heavy atom. The van der Waals surface area contributed by atoms with Crippen molar-refractivity contribution >= 4 is 11.2 Å². The van der Waals surface area contributed by atoms with Gasteiger partial charge in [-0.3, -0.25) is 4.98 Å². The van der Waals surface area contributed by atoms with Crippen LogP contribution in [0.15, 0.2) is 48.6 Å². The summed E-state index contributed by atoms with van der Waals surface area (Å²) in [6, 6.07) is 10.1. The molecule has 0 radical (unpaired) electrons. The second-order valence-corrected chi connectivity index (χ2v) is 7.62. The summed E-state index contributed by atoms with van der Waals surface area (Å²) in [4.78, 5) is 4.29. The van der Waals surface area contributed by atoms with Crippen LogP contribution in [0.5, 0.6) is 5.75 Å². The fourth-order valence-corrected chi connectivity index (χ4v) is 3.63. The molecule has 1 saturated heterocycles. The van der Waals surface area contributed by atoms with E-state index in [4.69, 9.17) is 10.5 Å². The summed E-state index contributed by atoms with van der Waals surface area (Å²) in [5, 5.41) is 20.7. The second kappa shape index (κ2) is 11.9. The van der Waals surface area contributed by atoms with Gasteiger partial charge >= 0.3 is 6.68 Å². The van der Waals surface area contributed by atoms with Crippen molar-refractivity contribution in [3.8, 4) is 11.8 Å². The number of ether oxygens (including phenoxy) is 1. The van der Waals surface area contributed by atoms with Gasteiger partial charge in [-0.25, -0.2) is 4.52 Å². The number of nitrogens with two attached hydrogens (primary N) is 1. The average Bonchev–Trinajstić information content (AvgIpc) is 3.26. The van der Waals surface area contributed by atoms with Gasteiger partial charge < -0.3 is 21.1 Å². The van der Waals surface area contributed by atoms with Gasteiger partial charge in [0.25, 0.3) is 0 Å². The molecule has 0 bridgehead atoms. The molecule has 11 heteroatoms. The molecule has 0 atom stereocenters. The molecule has 4 rings (SSSR count). The third kappa shape index (κ3) is 6.62. The third-order valence-electron chi connectivity index (χ3n) is 5.27. The molecule has 8 nitrogen and oxygen atoms in total. The van der Waals surface area contributed by atoms with Crippen molar-refractivity contribution in [1.29, 1.82) is 5.26 Å². The van der Waals surface area contributed by atoms with Crippen molar-refractivity contribution in [3.63, 3.8) is 0 Å². The normalized spacial score (nSPS) is 14.7. The van der Waals surface area contributed by atoms with Gasteiger partial charge in [-0.1, -0.05) is 6.07 Å². The molecule has 34 heavy (non-hydrogen) atoms. The van der Waals surface area contributed by atoms with E-state index in [1.54, 1.807) is 10.7 Å². The van der Waals surface area contributed by atoms with Crippen LogP contribution in [-0.4, -0.2) is 40.4 Å². The number of nitriles is 1. The number of alkyl halides is 3. The van der Waals surface area contributed by atoms with E-state index < -0.39 is 6.68 Å². The van der Waals surface area contributed by atoms with Crippen LogP contribution in [0.4, 0.5) is 13.2 Å². The van der Waals surface area contributed by atoms with E-state index in [1.807, 2.05) is 37.4 Å². The summed E-state index contributed by atoms with van der Waals surface area (Å²) in [6.45, 7) is 0.616. The van der Waals surface area contributed by atoms with Crippen LogP contribution in [0.3, 0.4) is 0 Å². The van der Waals surface area contributed by atoms with E-state index in [2.05, 4.69) is 26.8 Å². The first kappa shape index (κ1) is 24.9. The van der Waals surface area contributed by atoms with Crippen molar-refractivity contribution in [3.05, 3.63) is 65.4 Å². The number of allylic oxidation sites excluding steroid dienone is 1. The molecule has 1 fully saturated rings. The van der Waals surface area contributed by atoms with Crippen LogP contribution in [0.1, 0.15) is 36.6 Å². The monoisotopic (exact) mass is 473 g/mol. The zero-order valence-corrected chi connectivity index (χ0v) is 18.6. The van der Waals surface area contributed by atoms with Gasteiger partial charge in [0.15, 0.2) is 0 Å². The zero-order chi connectivity index (χ0) is 24.5. The van der Waals surface area contributed by atoms with Gasteiger partial charge in [0.2, 0.25) is 0 Å². The number of nitrogens with zero attached hydrogens (tertiary/aromatic N) is 4. The summed E-state index contributed by atoms with van der Waals surface area (Å²) in [6.07, 6.45) is 7.21. The summed E-state index contributed by atoms with van der Waals surface area (Å²) in [5.41, 5.74) is 10.7. The van der Waals surface area contributed by atoms with Gasteiger partial charge in [-0.2, -0.15) is 23.5 Å². The molecule has 0 aliphatic carbocycles. The minimum absolute atomic E-state index is 0.284. The summed E-state index contributed by atoms with van der Waals surface area (Å²) >= 11 is 0. The first-order valence-electron chi connectivity index (χ1n) is 10.7. The molecule has 0 saturated carbocycles. The summed E-state index contributed by atoms with van der Waals surface area (Å²) in [7, 11) is 0. The Balaban J connectivity index is 0.000000751. The quantitative estimate of drug-likeness (QED) is 0.503. The Morgan fingerprint density at radius 3 is 2.74 bits per heavy atom. The predicted octanol–water partition coefficient (Wildman–Crippen LogP) is 3.35. The highest BCUT2D eigenvalue weighted by atomic mass is 19.4. The highest BCUT2D eigenvalue weighted by molar-refractivity contribution is 5.74. The molecule has 3 aromatic heterocycles. The molecule has 0 unspecified atom stereocenters. The van der Waals surface area contributed by atoms with Crippen molar-refractivity contribution in [2.24, 2.45) is 5.73 Å². The molecule has 3 aromatic rings. The molecule has 0 aromatic carbocycles. The Bertz CT molecular complexity index is 1150. The second-order valence-electron chi connectivity index (χ2n) is 7.62. The Morgan fingerprint density at radius 2 is 2.09 bits per heavy atom. The first-order chi connectivity index (χ1) is 16.4. The average molecular weight is 474 g/mol. The van der Waals surface area contributed by atoms with E-state index in [1.165, 1.54) is 6.20 Å². The van der Waals surface area contributed by atoms with Crippen LogP contribution < -0.4 is 21.1 Å². The van der Waals surface area contributed by atoms with Crippen LogP contribution in [0.2, 0.25) is 0 Å². The maximum Gasteiger partial charge on any atom is 0.379 e. The number of halogens is 3. The number of rotatable bonds is 6. The number of hydrogen-bond acceptors (Lipinski definition) is 7. The van der Waals surface area contributed by atoms with Crippen LogP contribution in [-0.2, 0) is 6.61 Å². The van der Waals surface area contributed by atoms with Gasteiger partial charge in [0.1, 0.15) is 29.5 Å². The van der Waals surface area contributed by atoms with Gasteiger partial charge in [0.05, 0.1) is 17.6 Å². The molecule has 1 aliphatic heterocycles. The number of hydrogen-bond donors (Lipinski definition) is 3. The van der Waals surface area contributed by atoms with Crippen LogP contribution >= 0.6 is 0 Å². The van der Waals surface area contributed by atoms with Gasteiger partial charge in [0, 0.05) is 29.7 Å². The minimum Gasteiger partial charge on any atom is -0.485 e. The highest BCUT2D eigenvalue weighted by Gasteiger charge is 2.17. The fourth-order valence-electron chi connectivity index (χ4n) is 3.63. The van der Waals surface area contributed by atoms with E-state index in [9.17, 15) is 18.4 Å². The Labute approximate surface area is 195 Å². The van der Waals surface area contributed by atoms with Crippen LogP contribution in [0, 0.1) is 11.3 Å². The molecule has 0 spiro atoms. The maximum absolute atomic E-state index is 9.67. The molecule has 1 aliphatic rings. The fraction of sp³-hybridized carbons (Fsp3) is 0.348. The van der Waals surface area contributed by atoms with E-state index in [0.717, 1.165) is 42.9 Å². The molecular weight excluding hydrogens is 447 g/mol. The van der Waals surface area contributed by atoms with E-state index >= 15 is 0 Å².